The van der Waals surface area contributed by atoms with Gasteiger partial charge in [-0.05, 0) is 37.3 Å². The number of allylic oxidation sites excluding steroid dienone is 3. The number of esters is 1. The first-order chi connectivity index (χ1) is 15.0. The molecule has 0 aliphatic carbocycles. The summed E-state index contributed by atoms with van der Waals surface area (Å²) in [5.41, 5.74) is 1.80. The van der Waals surface area contributed by atoms with Gasteiger partial charge >= 0.3 is 5.97 Å². The summed E-state index contributed by atoms with van der Waals surface area (Å²) in [5.74, 6) is -0.308. The van der Waals surface area contributed by atoms with E-state index in [0.717, 1.165) is 31.3 Å². The number of ether oxygens (including phenoxy) is 1. The molecule has 0 bridgehead atoms. The molecule has 0 N–H and O–H groups in total. The van der Waals surface area contributed by atoms with E-state index in [2.05, 4.69) is 62.1 Å². The summed E-state index contributed by atoms with van der Waals surface area (Å²) < 4.78 is 4.69. The van der Waals surface area contributed by atoms with Crippen molar-refractivity contribution in [3.63, 3.8) is 0 Å². The molecule has 0 saturated carbocycles. The SMILES string of the molecule is C=C1C[C@](C)(CCCCCCCCC=CC=Cc2ccccc2)OO[C@@H]1CC(=O)OC. The predicted octanol–water partition coefficient (Wildman–Crippen LogP) is 6.98. The van der Waals surface area contributed by atoms with Crippen LogP contribution in [0.2, 0.25) is 0 Å². The summed E-state index contributed by atoms with van der Waals surface area (Å²) >= 11 is 0. The monoisotopic (exact) mass is 426 g/mol. The van der Waals surface area contributed by atoms with Crippen molar-refractivity contribution >= 4 is 12.0 Å². The normalized spacial score (nSPS) is 21.7. The molecule has 0 amide bonds. The second-order valence-electron chi connectivity index (χ2n) is 8.59. The predicted molar refractivity (Wildman–Crippen MR) is 126 cm³/mol. The van der Waals surface area contributed by atoms with E-state index in [1.807, 2.05) is 6.07 Å². The first-order valence-electron chi connectivity index (χ1n) is 11.5. The average Bonchev–Trinajstić information content (AvgIpc) is 2.77. The molecule has 4 nitrogen and oxygen atoms in total. The maximum absolute atomic E-state index is 11.4. The van der Waals surface area contributed by atoms with Crippen molar-refractivity contribution in [3.05, 3.63) is 66.3 Å². The molecule has 0 spiro atoms. The molecular formula is C27H38O4. The molecule has 1 saturated heterocycles. The Balaban J connectivity index is 1.48. The lowest BCUT2D eigenvalue weighted by molar-refractivity contribution is -0.392. The Hall–Kier alpha value is -2.17. The number of hydrogen-bond donors (Lipinski definition) is 0. The fraction of sp³-hybridized carbons (Fsp3) is 0.519. The Kier molecular flexibility index (Phi) is 11.3. The van der Waals surface area contributed by atoms with Gasteiger partial charge in [0, 0.05) is 6.42 Å². The Morgan fingerprint density at radius 1 is 1.13 bits per heavy atom. The lowest BCUT2D eigenvalue weighted by atomic mass is 9.87. The van der Waals surface area contributed by atoms with Gasteiger partial charge in [-0.2, -0.15) is 0 Å². The van der Waals surface area contributed by atoms with Crippen LogP contribution in [-0.2, 0) is 19.3 Å². The third kappa shape index (κ3) is 10.1. The minimum atomic E-state index is -0.400. The van der Waals surface area contributed by atoms with E-state index >= 15 is 0 Å². The number of rotatable bonds is 13. The largest absolute Gasteiger partial charge is 0.469 e. The molecule has 1 aromatic rings. The number of carbonyl (C=O) groups excluding carboxylic acids is 1. The minimum Gasteiger partial charge on any atom is -0.469 e. The summed E-state index contributed by atoms with van der Waals surface area (Å²) in [6.07, 6.45) is 18.5. The molecule has 1 aromatic carbocycles. The van der Waals surface area contributed by atoms with Crippen LogP contribution >= 0.6 is 0 Å². The molecule has 0 unspecified atom stereocenters. The molecule has 4 heteroatoms. The number of carbonyl (C=O) groups is 1. The van der Waals surface area contributed by atoms with Crippen molar-refractivity contribution in [3.8, 4) is 0 Å². The zero-order valence-electron chi connectivity index (χ0n) is 19.2. The van der Waals surface area contributed by atoms with Crippen LogP contribution in [0.4, 0.5) is 0 Å². The van der Waals surface area contributed by atoms with Gasteiger partial charge in [-0.1, -0.05) is 93.3 Å². The van der Waals surface area contributed by atoms with Crippen LogP contribution in [0, 0.1) is 0 Å². The van der Waals surface area contributed by atoms with Crippen molar-refractivity contribution in [1.82, 2.24) is 0 Å². The maximum Gasteiger partial charge on any atom is 0.308 e. The fourth-order valence-corrected chi connectivity index (χ4v) is 3.78. The maximum atomic E-state index is 11.4. The van der Waals surface area contributed by atoms with Crippen molar-refractivity contribution in [2.24, 2.45) is 0 Å². The molecule has 0 radical (unpaired) electrons. The third-order valence-corrected chi connectivity index (χ3v) is 5.66. The third-order valence-electron chi connectivity index (χ3n) is 5.66. The van der Waals surface area contributed by atoms with Gasteiger partial charge in [-0.3, -0.25) is 4.79 Å². The second-order valence-corrected chi connectivity index (χ2v) is 8.59. The van der Waals surface area contributed by atoms with Crippen molar-refractivity contribution in [2.45, 2.75) is 82.8 Å². The van der Waals surface area contributed by atoms with E-state index in [4.69, 9.17) is 14.5 Å². The quantitative estimate of drug-likeness (QED) is 0.112. The lowest BCUT2D eigenvalue weighted by Gasteiger charge is -2.37. The van der Waals surface area contributed by atoms with Crippen molar-refractivity contribution in [1.29, 1.82) is 0 Å². The van der Waals surface area contributed by atoms with E-state index in [9.17, 15) is 4.79 Å². The van der Waals surface area contributed by atoms with Gasteiger partial charge in [-0.25, -0.2) is 9.78 Å². The van der Waals surface area contributed by atoms with Gasteiger partial charge < -0.3 is 4.74 Å². The molecule has 2 atom stereocenters. The smallest absolute Gasteiger partial charge is 0.308 e. The Bertz CT molecular complexity index is 722. The topological polar surface area (TPSA) is 44.8 Å². The van der Waals surface area contributed by atoms with Gasteiger partial charge in [0.2, 0.25) is 0 Å². The van der Waals surface area contributed by atoms with E-state index < -0.39 is 6.10 Å². The Labute approximate surface area is 187 Å². The number of unbranched alkanes of at least 4 members (excludes halogenated alkanes) is 6. The summed E-state index contributed by atoms with van der Waals surface area (Å²) in [4.78, 5) is 22.5. The number of hydrogen-bond acceptors (Lipinski definition) is 4. The molecule has 1 aliphatic heterocycles. The molecule has 31 heavy (non-hydrogen) atoms. The first-order valence-corrected chi connectivity index (χ1v) is 11.5. The number of methoxy groups -OCH3 is 1. The van der Waals surface area contributed by atoms with E-state index in [0.29, 0.717) is 0 Å². The fourth-order valence-electron chi connectivity index (χ4n) is 3.78. The van der Waals surface area contributed by atoms with Crippen LogP contribution in [0.15, 0.2) is 60.7 Å². The van der Waals surface area contributed by atoms with Crippen LogP contribution < -0.4 is 0 Å². The molecule has 0 aromatic heterocycles. The molecular weight excluding hydrogens is 388 g/mol. The summed E-state index contributed by atoms with van der Waals surface area (Å²) in [7, 11) is 1.38. The van der Waals surface area contributed by atoms with E-state index in [1.54, 1.807) is 0 Å². The first kappa shape index (κ1) is 25.1. The standard InChI is InChI=1S/C27H38O4/c1-23-22-27(2,31-30-25(23)21-26(28)29-3)20-16-11-9-7-5-4-6-8-10-13-17-24-18-14-12-15-19-24/h8,10,12-15,17-19,25H,1,4-7,9,11,16,20-22H2,2-3H3/t25-,27+/m1/s1. The zero-order chi connectivity index (χ0) is 22.4. The molecule has 1 fully saturated rings. The van der Waals surface area contributed by atoms with Gasteiger partial charge in [0.05, 0.1) is 13.5 Å². The van der Waals surface area contributed by atoms with Crippen LogP contribution in [0.3, 0.4) is 0 Å². The van der Waals surface area contributed by atoms with Gasteiger partial charge in [-0.15, -0.1) is 0 Å². The minimum absolute atomic E-state index is 0.157. The van der Waals surface area contributed by atoms with E-state index in [-0.39, 0.29) is 18.0 Å². The van der Waals surface area contributed by atoms with Crippen molar-refractivity contribution in [2.75, 3.05) is 7.11 Å². The highest BCUT2D eigenvalue weighted by molar-refractivity contribution is 5.70. The molecule has 1 heterocycles. The summed E-state index contributed by atoms with van der Waals surface area (Å²) in [6, 6.07) is 10.4. The molecule has 2 rings (SSSR count). The van der Waals surface area contributed by atoms with Crippen LogP contribution in [0.1, 0.15) is 76.7 Å². The summed E-state index contributed by atoms with van der Waals surface area (Å²) in [5, 5.41) is 0. The van der Waals surface area contributed by atoms with Gasteiger partial charge in [0.1, 0.15) is 11.7 Å². The highest BCUT2D eigenvalue weighted by atomic mass is 17.2. The number of benzene rings is 1. The highest BCUT2D eigenvalue weighted by Crippen LogP contribution is 2.35. The Morgan fingerprint density at radius 3 is 2.55 bits per heavy atom. The van der Waals surface area contributed by atoms with Gasteiger partial charge in [0.15, 0.2) is 0 Å². The summed E-state index contributed by atoms with van der Waals surface area (Å²) in [6.45, 7) is 6.14. The highest BCUT2D eigenvalue weighted by Gasteiger charge is 2.36. The Morgan fingerprint density at radius 2 is 1.84 bits per heavy atom. The molecule has 1 aliphatic rings. The average molecular weight is 427 g/mol. The van der Waals surface area contributed by atoms with Crippen molar-refractivity contribution < 1.29 is 19.3 Å². The zero-order valence-corrected chi connectivity index (χ0v) is 19.2. The van der Waals surface area contributed by atoms with E-state index in [1.165, 1.54) is 44.8 Å². The van der Waals surface area contributed by atoms with Crippen LogP contribution in [0.5, 0.6) is 0 Å². The second kappa shape index (κ2) is 14.0. The van der Waals surface area contributed by atoms with Crippen LogP contribution in [0.25, 0.3) is 6.08 Å². The lowest BCUT2D eigenvalue weighted by Crippen LogP contribution is -2.39. The van der Waals surface area contributed by atoms with Gasteiger partial charge in [0.25, 0.3) is 0 Å². The van der Waals surface area contributed by atoms with Crippen LogP contribution in [-0.4, -0.2) is 24.8 Å². The molecule has 170 valence electrons.